The molecule has 0 spiro atoms. The van der Waals surface area contributed by atoms with Gasteiger partial charge >= 0.3 is 0 Å². The number of fused-ring (bicyclic) bond motifs is 4. The molecule has 0 aliphatic carbocycles. The zero-order chi connectivity index (χ0) is 19.4. The smallest absolute Gasteiger partial charge is 0.186 e. The highest BCUT2D eigenvalue weighted by atomic mass is 16.5. The van der Waals surface area contributed by atoms with Crippen LogP contribution in [0.25, 0.3) is 27.9 Å². The zero-order valence-electron chi connectivity index (χ0n) is 15.6. The van der Waals surface area contributed by atoms with Crippen molar-refractivity contribution in [2.24, 2.45) is 4.99 Å². The van der Waals surface area contributed by atoms with Gasteiger partial charge < -0.3 is 4.52 Å². The minimum Gasteiger partial charge on any atom is -0.361 e. The summed E-state index contributed by atoms with van der Waals surface area (Å²) in [5.74, 6) is 0.711. The van der Waals surface area contributed by atoms with Crippen LogP contribution in [-0.2, 0) is 6.42 Å². The van der Waals surface area contributed by atoms with Crippen LogP contribution in [0.3, 0.4) is 0 Å². The molecular formula is C21H15N7O. The van der Waals surface area contributed by atoms with Crippen LogP contribution in [0.15, 0.2) is 58.2 Å². The van der Waals surface area contributed by atoms with Gasteiger partial charge in [0.15, 0.2) is 11.3 Å². The monoisotopic (exact) mass is 381 g/mol. The Hall–Kier alpha value is -3.94. The molecule has 8 nitrogen and oxygen atoms in total. The summed E-state index contributed by atoms with van der Waals surface area (Å²) < 4.78 is 6.97. The lowest BCUT2D eigenvalue weighted by atomic mass is 10.0. The number of rotatable bonds is 2. The van der Waals surface area contributed by atoms with E-state index in [0.29, 0.717) is 22.8 Å². The normalized spacial score (nSPS) is 13.6. The molecular weight excluding hydrogens is 366 g/mol. The lowest BCUT2D eigenvalue weighted by molar-refractivity contribution is 0.399. The topological polar surface area (TPSA) is 94.4 Å². The van der Waals surface area contributed by atoms with E-state index in [9.17, 15) is 0 Å². The molecule has 0 amide bonds. The SMILES string of the molecule is Cc1cc(-c2nnn3c2nc(C2=Nc4cccnc4CC2)c2ccccc23)no1. The second kappa shape index (κ2) is 6.03. The Morgan fingerprint density at radius 3 is 2.86 bits per heavy atom. The Bertz CT molecular complexity index is 1430. The molecule has 1 aliphatic heterocycles. The van der Waals surface area contributed by atoms with Crippen molar-refractivity contribution in [3.63, 3.8) is 0 Å². The lowest BCUT2D eigenvalue weighted by Crippen LogP contribution is -2.12. The van der Waals surface area contributed by atoms with Crippen LogP contribution in [0, 0.1) is 6.92 Å². The molecule has 0 atom stereocenters. The molecule has 5 heterocycles. The van der Waals surface area contributed by atoms with Crippen LogP contribution >= 0.6 is 0 Å². The Kier molecular flexibility index (Phi) is 3.34. The molecule has 4 aromatic heterocycles. The molecule has 8 heteroatoms. The van der Waals surface area contributed by atoms with Crippen LogP contribution in [0.4, 0.5) is 5.69 Å². The maximum absolute atomic E-state index is 5.22. The van der Waals surface area contributed by atoms with Crippen molar-refractivity contribution in [3.05, 3.63) is 65.8 Å². The first kappa shape index (κ1) is 16.1. The number of hydrogen-bond donors (Lipinski definition) is 0. The summed E-state index contributed by atoms with van der Waals surface area (Å²) in [6.45, 7) is 1.85. The van der Waals surface area contributed by atoms with E-state index in [2.05, 4.69) is 20.5 Å². The van der Waals surface area contributed by atoms with Gasteiger partial charge in [0.05, 0.1) is 28.3 Å². The van der Waals surface area contributed by atoms with E-state index in [4.69, 9.17) is 14.5 Å². The van der Waals surface area contributed by atoms with Crippen molar-refractivity contribution in [2.45, 2.75) is 19.8 Å². The minimum absolute atomic E-state index is 0.590. The predicted octanol–water partition coefficient (Wildman–Crippen LogP) is 3.70. The number of aromatic nitrogens is 6. The molecule has 1 aromatic carbocycles. The van der Waals surface area contributed by atoms with E-state index >= 15 is 0 Å². The zero-order valence-corrected chi connectivity index (χ0v) is 15.6. The Labute approximate surface area is 164 Å². The molecule has 0 radical (unpaired) electrons. The fraction of sp³-hybridized carbons (Fsp3) is 0.143. The van der Waals surface area contributed by atoms with Crippen LogP contribution in [0.5, 0.6) is 0 Å². The van der Waals surface area contributed by atoms with Crippen LogP contribution in [-0.4, -0.2) is 35.7 Å². The Morgan fingerprint density at radius 2 is 1.97 bits per heavy atom. The third-order valence-electron chi connectivity index (χ3n) is 5.12. The molecule has 140 valence electrons. The summed E-state index contributed by atoms with van der Waals surface area (Å²) >= 11 is 0. The van der Waals surface area contributed by atoms with Crippen LogP contribution < -0.4 is 0 Å². The van der Waals surface area contributed by atoms with Gasteiger partial charge in [-0.05, 0) is 38.0 Å². The van der Waals surface area contributed by atoms with Crippen molar-refractivity contribution in [1.82, 2.24) is 30.0 Å². The number of aliphatic imine (C=N–C) groups is 1. The first-order valence-electron chi connectivity index (χ1n) is 9.37. The fourth-order valence-electron chi connectivity index (χ4n) is 3.76. The Balaban J connectivity index is 1.64. The van der Waals surface area contributed by atoms with Gasteiger partial charge in [0.25, 0.3) is 0 Å². The third kappa shape index (κ3) is 2.46. The maximum atomic E-state index is 5.22. The van der Waals surface area contributed by atoms with Gasteiger partial charge in [0.1, 0.15) is 11.5 Å². The van der Waals surface area contributed by atoms with E-state index in [-0.39, 0.29) is 0 Å². The molecule has 0 saturated carbocycles. The highest BCUT2D eigenvalue weighted by molar-refractivity contribution is 6.11. The summed E-state index contributed by atoms with van der Waals surface area (Å²) in [5.41, 5.74) is 6.46. The summed E-state index contributed by atoms with van der Waals surface area (Å²) in [5, 5.41) is 13.7. The van der Waals surface area contributed by atoms with E-state index in [1.165, 1.54) is 0 Å². The second-order valence-electron chi connectivity index (χ2n) is 7.00. The van der Waals surface area contributed by atoms with Gasteiger partial charge in [-0.15, -0.1) is 5.10 Å². The largest absolute Gasteiger partial charge is 0.361 e. The quantitative estimate of drug-likeness (QED) is 0.463. The summed E-state index contributed by atoms with van der Waals surface area (Å²) in [4.78, 5) is 14.3. The average molecular weight is 381 g/mol. The predicted molar refractivity (Wildman–Crippen MR) is 107 cm³/mol. The van der Waals surface area contributed by atoms with E-state index in [1.54, 1.807) is 4.52 Å². The first-order valence-corrected chi connectivity index (χ1v) is 9.37. The Morgan fingerprint density at radius 1 is 1.03 bits per heavy atom. The molecule has 0 bridgehead atoms. The lowest BCUT2D eigenvalue weighted by Gasteiger charge is -2.15. The van der Waals surface area contributed by atoms with E-state index < -0.39 is 0 Å². The summed E-state index contributed by atoms with van der Waals surface area (Å²) in [6.07, 6.45) is 3.42. The molecule has 1 aliphatic rings. The summed E-state index contributed by atoms with van der Waals surface area (Å²) in [6, 6.07) is 13.8. The van der Waals surface area contributed by atoms with Crippen molar-refractivity contribution in [2.75, 3.05) is 0 Å². The van der Waals surface area contributed by atoms with Gasteiger partial charge in [0, 0.05) is 17.6 Å². The summed E-state index contributed by atoms with van der Waals surface area (Å²) in [7, 11) is 0. The van der Waals surface area contributed by atoms with Gasteiger partial charge in [0.2, 0.25) is 0 Å². The molecule has 0 unspecified atom stereocenters. The minimum atomic E-state index is 0.590. The van der Waals surface area contributed by atoms with Crippen molar-refractivity contribution < 1.29 is 4.52 Å². The molecule has 29 heavy (non-hydrogen) atoms. The first-order chi connectivity index (χ1) is 14.3. The molecule has 0 fully saturated rings. The van der Waals surface area contributed by atoms with Gasteiger partial charge in [-0.25, -0.2) is 9.98 Å². The van der Waals surface area contributed by atoms with Crippen molar-refractivity contribution in [3.8, 4) is 11.4 Å². The number of para-hydroxylation sites is 1. The van der Waals surface area contributed by atoms with Crippen molar-refractivity contribution in [1.29, 1.82) is 0 Å². The van der Waals surface area contributed by atoms with Crippen LogP contribution in [0.1, 0.15) is 23.6 Å². The van der Waals surface area contributed by atoms with E-state index in [0.717, 1.165) is 46.5 Å². The van der Waals surface area contributed by atoms with Crippen molar-refractivity contribution >= 4 is 27.9 Å². The number of pyridine rings is 1. The van der Waals surface area contributed by atoms with Gasteiger partial charge in [-0.1, -0.05) is 28.6 Å². The highest BCUT2D eigenvalue weighted by Crippen LogP contribution is 2.30. The van der Waals surface area contributed by atoms with Gasteiger partial charge in [-0.3, -0.25) is 4.98 Å². The highest BCUT2D eigenvalue weighted by Gasteiger charge is 2.22. The number of benzene rings is 1. The number of aryl methyl sites for hydroxylation is 2. The molecule has 0 saturated heterocycles. The molecule has 6 rings (SSSR count). The van der Waals surface area contributed by atoms with Crippen LogP contribution in [0.2, 0.25) is 0 Å². The second-order valence-corrected chi connectivity index (χ2v) is 7.00. The third-order valence-corrected chi connectivity index (χ3v) is 5.12. The maximum Gasteiger partial charge on any atom is 0.186 e. The van der Waals surface area contributed by atoms with Gasteiger partial charge in [-0.2, -0.15) is 4.52 Å². The number of hydrogen-bond acceptors (Lipinski definition) is 7. The average Bonchev–Trinajstić information content (AvgIpc) is 3.39. The molecule has 0 N–H and O–H groups in total. The van der Waals surface area contributed by atoms with E-state index in [1.807, 2.05) is 55.6 Å². The number of nitrogens with zero attached hydrogens (tertiary/aromatic N) is 7. The molecule has 5 aromatic rings. The standard InChI is InChI=1S/C21H15N7O/c1-12-11-17(26-29-12)20-21-24-19(13-5-2-3-7-18(13)28(21)27-25-20)16-9-8-14-15(23-16)6-4-10-22-14/h2-7,10-11H,8-9H2,1H3. The fourth-order valence-corrected chi connectivity index (χ4v) is 3.76.